The van der Waals surface area contributed by atoms with Crippen LogP contribution in [0.1, 0.15) is 6.42 Å². The van der Waals surface area contributed by atoms with Crippen LogP contribution in [0.3, 0.4) is 0 Å². The first kappa shape index (κ1) is 6.35. The van der Waals surface area contributed by atoms with Crippen molar-refractivity contribution in [3.05, 3.63) is 0 Å². The van der Waals surface area contributed by atoms with E-state index in [4.69, 9.17) is 0 Å². The molecule has 0 radical (unpaired) electrons. The van der Waals surface area contributed by atoms with Crippen molar-refractivity contribution in [2.45, 2.75) is 6.42 Å². The van der Waals surface area contributed by atoms with Gasteiger partial charge >= 0.3 is 6.09 Å². The van der Waals surface area contributed by atoms with E-state index < -0.39 is 0 Å². The number of hydroxylamine groups is 1. The Labute approximate surface area is 53.7 Å². The smallest absolute Gasteiger partial charge is 0.354 e. The topological polar surface area (TPSA) is 41.6 Å². The van der Waals surface area contributed by atoms with Gasteiger partial charge in [0.2, 0.25) is 0 Å². The number of nitrogens with one attached hydrogen (secondary N) is 1. The highest BCUT2D eigenvalue weighted by Crippen LogP contribution is 2.05. The number of hydrogen-bond donors (Lipinski definition) is 1. The first-order chi connectivity index (χ1) is 4.34. The van der Waals surface area contributed by atoms with Gasteiger partial charge in [-0.1, -0.05) is 0 Å². The molecule has 1 N–H and O–H groups in total. The molecular formula is C5H10N2O2. The molecule has 0 aromatic heterocycles. The Hall–Kier alpha value is -0.770. The van der Waals surface area contributed by atoms with Gasteiger partial charge in [-0.25, -0.2) is 4.79 Å². The number of amides is 1. The van der Waals surface area contributed by atoms with Crippen LogP contribution >= 0.6 is 0 Å². The van der Waals surface area contributed by atoms with E-state index in [0.29, 0.717) is 0 Å². The molecular weight excluding hydrogens is 120 g/mol. The van der Waals surface area contributed by atoms with Crippen molar-refractivity contribution in [3.63, 3.8) is 0 Å². The third-order valence-corrected chi connectivity index (χ3v) is 1.30. The molecule has 0 unspecified atom stereocenters. The normalized spacial score (nSPS) is 16.8. The minimum atomic E-state index is -0.274. The average molecular weight is 130 g/mol. The Bertz CT molecular complexity index is 112. The predicted octanol–water partition coefficient (Wildman–Crippen LogP) is -0.0369. The molecule has 9 heavy (non-hydrogen) atoms. The maximum Gasteiger partial charge on any atom is 0.428 e. The van der Waals surface area contributed by atoms with Crippen LogP contribution in [0.15, 0.2) is 0 Å². The molecule has 4 heteroatoms. The van der Waals surface area contributed by atoms with Gasteiger partial charge in [-0.2, -0.15) is 5.48 Å². The molecule has 0 aromatic carbocycles. The Balaban J connectivity index is 2.16. The van der Waals surface area contributed by atoms with Crippen molar-refractivity contribution in [2.24, 2.45) is 0 Å². The van der Waals surface area contributed by atoms with Crippen molar-refractivity contribution in [1.29, 1.82) is 0 Å². The molecule has 0 saturated carbocycles. The Morgan fingerprint density at radius 1 is 1.67 bits per heavy atom. The van der Waals surface area contributed by atoms with Gasteiger partial charge in [-0.3, -0.25) is 0 Å². The van der Waals surface area contributed by atoms with Crippen molar-refractivity contribution in [3.8, 4) is 0 Å². The number of carbonyl (C=O) groups excluding carboxylic acids is 1. The Morgan fingerprint density at radius 3 is 2.67 bits per heavy atom. The van der Waals surface area contributed by atoms with Gasteiger partial charge in [0.25, 0.3) is 0 Å². The van der Waals surface area contributed by atoms with E-state index in [9.17, 15) is 4.79 Å². The Morgan fingerprint density at radius 2 is 2.33 bits per heavy atom. The van der Waals surface area contributed by atoms with Crippen LogP contribution in [-0.2, 0) is 4.84 Å². The lowest BCUT2D eigenvalue weighted by molar-refractivity contribution is 0.0484. The van der Waals surface area contributed by atoms with E-state index >= 15 is 0 Å². The van der Waals surface area contributed by atoms with E-state index in [1.54, 1.807) is 11.9 Å². The standard InChI is InChI=1S/C5H10N2O2/c1-6-9-5(8)7-3-2-4-7/h6H,2-4H2,1H3. The third kappa shape index (κ3) is 1.32. The largest absolute Gasteiger partial charge is 0.428 e. The number of likely N-dealkylation sites (tertiary alicyclic amines) is 1. The quantitative estimate of drug-likeness (QED) is 0.506. The maximum absolute atomic E-state index is 10.7. The number of carbonyl (C=O) groups is 1. The van der Waals surface area contributed by atoms with Crippen LogP contribution in [-0.4, -0.2) is 31.1 Å². The second-order valence-electron chi connectivity index (χ2n) is 1.91. The molecule has 0 spiro atoms. The van der Waals surface area contributed by atoms with Crippen LogP contribution in [0.2, 0.25) is 0 Å². The molecule has 4 nitrogen and oxygen atoms in total. The summed E-state index contributed by atoms with van der Waals surface area (Å²) in [6.45, 7) is 1.67. The zero-order valence-corrected chi connectivity index (χ0v) is 5.39. The van der Waals surface area contributed by atoms with Gasteiger partial charge in [0.1, 0.15) is 0 Å². The van der Waals surface area contributed by atoms with Gasteiger partial charge in [0, 0.05) is 20.1 Å². The van der Waals surface area contributed by atoms with Crippen LogP contribution < -0.4 is 5.48 Å². The fourth-order valence-corrected chi connectivity index (χ4v) is 0.651. The summed E-state index contributed by atoms with van der Waals surface area (Å²) in [4.78, 5) is 16.8. The predicted molar refractivity (Wildman–Crippen MR) is 31.7 cm³/mol. The zero-order chi connectivity index (χ0) is 6.69. The van der Waals surface area contributed by atoms with E-state index in [0.717, 1.165) is 19.5 Å². The Kier molecular flexibility index (Phi) is 1.89. The van der Waals surface area contributed by atoms with Gasteiger partial charge in [-0.15, -0.1) is 0 Å². The third-order valence-electron chi connectivity index (χ3n) is 1.30. The molecule has 0 atom stereocenters. The summed E-state index contributed by atoms with van der Waals surface area (Å²) in [5.74, 6) is 0. The number of hydrogen-bond acceptors (Lipinski definition) is 3. The molecule has 1 aliphatic heterocycles. The van der Waals surface area contributed by atoms with Crippen molar-refractivity contribution in [2.75, 3.05) is 20.1 Å². The summed E-state index contributed by atoms with van der Waals surface area (Å²) in [7, 11) is 1.57. The second-order valence-corrected chi connectivity index (χ2v) is 1.91. The fraction of sp³-hybridized carbons (Fsp3) is 0.800. The lowest BCUT2D eigenvalue weighted by atomic mass is 10.2. The lowest BCUT2D eigenvalue weighted by Gasteiger charge is -2.28. The molecule has 1 saturated heterocycles. The highest BCUT2D eigenvalue weighted by molar-refractivity contribution is 5.67. The molecule has 1 amide bonds. The molecule has 1 heterocycles. The molecule has 1 aliphatic rings. The van der Waals surface area contributed by atoms with Gasteiger partial charge in [-0.05, 0) is 6.42 Å². The van der Waals surface area contributed by atoms with Crippen LogP contribution in [0.5, 0.6) is 0 Å². The first-order valence-corrected chi connectivity index (χ1v) is 2.97. The molecule has 0 aromatic rings. The summed E-state index contributed by atoms with van der Waals surface area (Å²) in [5, 5.41) is 0. The zero-order valence-electron chi connectivity index (χ0n) is 5.39. The van der Waals surface area contributed by atoms with Crippen LogP contribution in [0.4, 0.5) is 4.79 Å². The first-order valence-electron chi connectivity index (χ1n) is 2.97. The minimum Gasteiger partial charge on any atom is -0.354 e. The van der Waals surface area contributed by atoms with E-state index in [-0.39, 0.29) is 6.09 Å². The summed E-state index contributed by atoms with van der Waals surface area (Å²) < 4.78 is 0. The summed E-state index contributed by atoms with van der Waals surface area (Å²) in [5.41, 5.74) is 2.33. The van der Waals surface area contributed by atoms with Gasteiger partial charge < -0.3 is 9.74 Å². The summed E-state index contributed by atoms with van der Waals surface area (Å²) in [6, 6.07) is 0. The van der Waals surface area contributed by atoms with E-state index in [1.807, 2.05) is 0 Å². The number of nitrogens with zero attached hydrogens (tertiary/aromatic N) is 1. The SMILES string of the molecule is CNOC(=O)N1CCC1. The summed E-state index contributed by atoms with van der Waals surface area (Å²) >= 11 is 0. The molecule has 0 bridgehead atoms. The van der Waals surface area contributed by atoms with Crippen molar-refractivity contribution in [1.82, 2.24) is 10.4 Å². The number of rotatable bonds is 1. The average Bonchev–Trinajstić information content (AvgIpc) is 1.60. The van der Waals surface area contributed by atoms with Gasteiger partial charge in [0.15, 0.2) is 0 Å². The van der Waals surface area contributed by atoms with Gasteiger partial charge in [0.05, 0.1) is 0 Å². The highest BCUT2D eigenvalue weighted by Gasteiger charge is 2.20. The van der Waals surface area contributed by atoms with Crippen molar-refractivity contribution < 1.29 is 9.63 Å². The molecule has 0 aliphatic carbocycles. The van der Waals surface area contributed by atoms with Crippen LogP contribution in [0.25, 0.3) is 0 Å². The van der Waals surface area contributed by atoms with E-state index in [1.165, 1.54) is 0 Å². The minimum absolute atomic E-state index is 0.274. The van der Waals surface area contributed by atoms with Crippen LogP contribution in [0, 0.1) is 0 Å². The molecule has 1 fully saturated rings. The lowest BCUT2D eigenvalue weighted by Crippen LogP contribution is -2.43. The maximum atomic E-state index is 10.7. The molecule has 52 valence electrons. The highest BCUT2D eigenvalue weighted by atomic mass is 16.7. The second kappa shape index (κ2) is 2.68. The molecule has 1 rings (SSSR count). The monoisotopic (exact) mass is 130 g/mol. The van der Waals surface area contributed by atoms with Crippen molar-refractivity contribution >= 4 is 6.09 Å². The van der Waals surface area contributed by atoms with E-state index in [2.05, 4.69) is 10.3 Å². The summed E-state index contributed by atoms with van der Waals surface area (Å²) in [6.07, 6.45) is 0.822. The fourth-order valence-electron chi connectivity index (χ4n) is 0.651.